The van der Waals surface area contributed by atoms with Crippen LogP contribution in [0.25, 0.3) is 0 Å². The van der Waals surface area contributed by atoms with Gasteiger partial charge in [0.1, 0.15) is 0 Å². The maximum atomic E-state index is 3.50. The highest BCUT2D eigenvalue weighted by Gasteiger charge is 2.20. The maximum Gasteiger partial charge on any atom is 0.00436 e. The summed E-state index contributed by atoms with van der Waals surface area (Å²) in [5.41, 5.74) is 0.497. The van der Waals surface area contributed by atoms with Crippen LogP contribution in [0.1, 0.15) is 67.2 Å². The molecule has 0 bridgehead atoms. The van der Waals surface area contributed by atoms with Crippen LogP contribution in [0.4, 0.5) is 0 Å². The normalized spacial score (nSPS) is 14.6. The van der Waals surface area contributed by atoms with E-state index in [2.05, 4.69) is 46.9 Å². The minimum Gasteiger partial charge on any atom is -0.315 e. The monoisotopic (exact) mass is 213 g/mol. The topological polar surface area (TPSA) is 12.0 Å². The lowest BCUT2D eigenvalue weighted by Crippen LogP contribution is -2.31. The molecule has 15 heavy (non-hydrogen) atoms. The molecule has 0 aromatic carbocycles. The number of rotatable bonds is 8. The van der Waals surface area contributed by atoms with Crippen molar-refractivity contribution in [2.24, 2.45) is 11.3 Å². The lowest BCUT2D eigenvalue weighted by molar-refractivity contribution is 0.256. The van der Waals surface area contributed by atoms with E-state index in [0.717, 1.165) is 12.5 Å². The minimum absolute atomic E-state index is 0.497. The van der Waals surface area contributed by atoms with Gasteiger partial charge in [0.2, 0.25) is 0 Å². The van der Waals surface area contributed by atoms with Gasteiger partial charge in [-0.1, -0.05) is 47.5 Å². The average molecular weight is 213 g/mol. The molecule has 0 aromatic rings. The van der Waals surface area contributed by atoms with E-state index in [0.29, 0.717) is 11.5 Å². The van der Waals surface area contributed by atoms with Crippen LogP contribution in [0.15, 0.2) is 0 Å². The van der Waals surface area contributed by atoms with Gasteiger partial charge in [-0.3, -0.25) is 0 Å². The van der Waals surface area contributed by atoms with Crippen molar-refractivity contribution in [2.45, 2.75) is 73.3 Å². The lowest BCUT2D eigenvalue weighted by Gasteiger charge is -2.28. The van der Waals surface area contributed by atoms with Gasteiger partial charge in [0.25, 0.3) is 0 Å². The molecule has 1 unspecified atom stereocenters. The Morgan fingerprint density at radius 1 is 1.13 bits per heavy atom. The highest BCUT2D eigenvalue weighted by atomic mass is 14.9. The summed E-state index contributed by atoms with van der Waals surface area (Å²) < 4.78 is 0. The molecule has 0 amide bonds. The summed E-state index contributed by atoms with van der Waals surface area (Å²) in [6.07, 6.45) is 5.41. The van der Waals surface area contributed by atoms with Crippen LogP contribution in [0.5, 0.6) is 0 Å². The molecule has 1 atom stereocenters. The van der Waals surface area contributed by atoms with E-state index in [9.17, 15) is 0 Å². The first kappa shape index (κ1) is 15.0. The first-order valence-electron chi connectivity index (χ1n) is 6.60. The summed E-state index contributed by atoms with van der Waals surface area (Å²) in [6.45, 7) is 15.0. The number of hydrogen-bond acceptors (Lipinski definition) is 1. The molecule has 0 aliphatic heterocycles. The second-order valence-electron chi connectivity index (χ2n) is 6.11. The Labute approximate surface area is 97.0 Å². The minimum atomic E-state index is 0.497. The van der Waals surface area contributed by atoms with Gasteiger partial charge in [0.15, 0.2) is 0 Å². The fourth-order valence-electron chi connectivity index (χ4n) is 2.34. The summed E-state index contributed by atoms with van der Waals surface area (Å²) in [6, 6.07) is 0.657. The molecule has 0 radical (unpaired) electrons. The molecule has 1 nitrogen and oxygen atoms in total. The number of hydrogen-bond donors (Lipinski definition) is 1. The molecular formula is C14H31N. The van der Waals surface area contributed by atoms with Crippen molar-refractivity contribution in [3.8, 4) is 0 Å². The maximum absolute atomic E-state index is 3.50. The zero-order valence-corrected chi connectivity index (χ0v) is 11.7. The van der Waals surface area contributed by atoms with E-state index >= 15 is 0 Å². The van der Waals surface area contributed by atoms with Gasteiger partial charge in [-0.25, -0.2) is 0 Å². The Hall–Kier alpha value is -0.0400. The Bertz CT molecular complexity index is 149. The third-order valence-corrected chi connectivity index (χ3v) is 3.05. The Morgan fingerprint density at radius 3 is 2.20 bits per heavy atom. The molecule has 1 N–H and O–H groups in total. The van der Waals surface area contributed by atoms with Crippen LogP contribution in [0.3, 0.4) is 0 Å². The van der Waals surface area contributed by atoms with Crippen molar-refractivity contribution >= 4 is 0 Å². The van der Waals surface area contributed by atoms with E-state index < -0.39 is 0 Å². The van der Waals surface area contributed by atoms with Crippen LogP contribution in [0.2, 0.25) is 0 Å². The molecule has 0 heterocycles. The molecule has 92 valence electrons. The summed E-state index contributed by atoms with van der Waals surface area (Å²) in [7, 11) is 0. The standard InChI is InChI=1S/C14H31N/c1-7-15-13(4)11-14(5,6)10-8-9-12(2)3/h12-13,15H,7-11H2,1-6H3. The van der Waals surface area contributed by atoms with Crippen molar-refractivity contribution in [3.05, 3.63) is 0 Å². The second kappa shape index (κ2) is 7.27. The average Bonchev–Trinajstić information content (AvgIpc) is 2.01. The van der Waals surface area contributed by atoms with Gasteiger partial charge in [-0.05, 0) is 37.6 Å². The SMILES string of the molecule is CCNC(C)CC(C)(C)CCCC(C)C. The zero-order chi connectivity index (χ0) is 11.9. The third kappa shape index (κ3) is 8.92. The van der Waals surface area contributed by atoms with Crippen molar-refractivity contribution < 1.29 is 0 Å². The molecular weight excluding hydrogens is 182 g/mol. The Balaban J connectivity index is 3.75. The first-order chi connectivity index (χ1) is 6.87. The van der Waals surface area contributed by atoms with Crippen molar-refractivity contribution in [1.82, 2.24) is 5.32 Å². The van der Waals surface area contributed by atoms with E-state index in [1.54, 1.807) is 0 Å². The van der Waals surface area contributed by atoms with Crippen molar-refractivity contribution in [2.75, 3.05) is 6.54 Å². The van der Waals surface area contributed by atoms with Gasteiger partial charge < -0.3 is 5.32 Å². The molecule has 0 saturated carbocycles. The highest BCUT2D eigenvalue weighted by molar-refractivity contribution is 4.75. The van der Waals surface area contributed by atoms with Crippen molar-refractivity contribution in [1.29, 1.82) is 0 Å². The molecule has 0 saturated heterocycles. The number of nitrogens with one attached hydrogen (secondary N) is 1. The van der Waals surface area contributed by atoms with E-state index in [4.69, 9.17) is 0 Å². The molecule has 0 fully saturated rings. The fraction of sp³-hybridized carbons (Fsp3) is 1.00. The van der Waals surface area contributed by atoms with Gasteiger partial charge in [-0.15, -0.1) is 0 Å². The predicted octanol–water partition coefficient (Wildman–Crippen LogP) is 4.23. The lowest BCUT2D eigenvalue weighted by atomic mass is 9.81. The van der Waals surface area contributed by atoms with Gasteiger partial charge in [0, 0.05) is 6.04 Å². The highest BCUT2D eigenvalue weighted by Crippen LogP contribution is 2.29. The summed E-state index contributed by atoms with van der Waals surface area (Å²) in [5, 5.41) is 3.50. The molecule has 0 aliphatic rings. The van der Waals surface area contributed by atoms with E-state index in [1.807, 2.05) is 0 Å². The van der Waals surface area contributed by atoms with Gasteiger partial charge in [0.05, 0.1) is 0 Å². The van der Waals surface area contributed by atoms with Crippen molar-refractivity contribution in [3.63, 3.8) is 0 Å². The summed E-state index contributed by atoms with van der Waals surface area (Å²) >= 11 is 0. The summed E-state index contributed by atoms with van der Waals surface area (Å²) in [4.78, 5) is 0. The third-order valence-electron chi connectivity index (χ3n) is 3.05. The van der Waals surface area contributed by atoms with Crippen LogP contribution >= 0.6 is 0 Å². The van der Waals surface area contributed by atoms with Crippen LogP contribution in [-0.2, 0) is 0 Å². The van der Waals surface area contributed by atoms with Crippen LogP contribution in [-0.4, -0.2) is 12.6 Å². The van der Waals surface area contributed by atoms with Crippen LogP contribution in [0, 0.1) is 11.3 Å². The smallest absolute Gasteiger partial charge is 0.00436 e. The largest absolute Gasteiger partial charge is 0.315 e. The molecule has 0 spiro atoms. The van der Waals surface area contributed by atoms with E-state index in [-0.39, 0.29) is 0 Å². The molecule has 0 rings (SSSR count). The first-order valence-corrected chi connectivity index (χ1v) is 6.60. The predicted molar refractivity (Wildman–Crippen MR) is 70.2 cm³/mol. The molecule has 1 heteroatoms. The Morgan fingerprint density at radius 2 is 1.73 bits per heavy atom. The second-order valence-corrected chi connectivity index (χ2v) is 6.11. The Kier molecular flexibility index (Phi) is 7.25. The quantitative estimate of drug-likeness (QED) is 0.636. The zero-order valence-electron chi connectivity index (χ0n) is 11.7. The molecule has 0 aliphatic carbocycles. The van der Waals surface area contributed by atoms with Crippen LogP contribution < -0.4 is 5.32 Å². The van der Waals surface area contributed by atoms with E-state index in [1.165, 1.54) is 25.7 Å². The summed E-state index contributed by atoms with van der Waals surface area (Å²) in [5.74, 6) is 0.854. The van der Waals surface area contributed by atoms with Gasteiger partial charge in [-0.2, -0.15) is 0 Å². The van der Waals surface area contributed by atoms with Gasteiger partial charge >= 0.3 is 0 Å². The fourth-order valence-corrected chi connectivity index (χ4v) is 2.34. The molecule has 0 aromatic heterocycles.